The number of carbonyl (C=O) groups excluding carboxylic acids is 1. The van der Waals surface area contributed by atoms with Gasteiger partial charge in [-0.05, 0) is 31.5 Å². The molecule has 1 fully saturated rings. The normalized spacial score (nSPS) is 17.3. The molecule has 2 amide bonds. The van der Waals surface area contributed by atoms with Gasteiger partial charge in [-0.3, -0.25) is 4.90 Å². The first-order valence-corrected chi connectivity index (χ1v) is 11.9. The number of hydrogen-bond donors (Lipinski definition) is 3. The first kappa shape index (κ1) is 25.7. The van der Waals surface area contributed by atoms with Crippen molar-refractivity contribution in [3.05, 3.63) is 53.9 Å². The maximum atomic E-state index is 13.5. The third-order valence-electron chi connectivity index (χ3n) is 6.40. The number of halogens is 3. The van der Waals surface area contributed by atoms with E-state index in [9.17, 15) is 23.1 Å². The SMILES string of the molecule is Cc1nc(-c2cccc(C(F)(F)F)c2)nc2c1N1CC[C@@H](C1)N2C(=O)Nc1ccnc(OC[C@@H](O)CO)c1. The van der Waals surface area contributed by atoms with Crippen LogP contribution in [0.25, 0.3) is 11.4 Å². The molecule has 3 N–H and O–H groups in total. The summed E-state index contributed by atoms with van der Waals surface area (Å²) in [7, 11) is 0. The van der Waals surface area contributed by atoms with E-state index >= 15 is 0 Å². The Morgan fingerprint density at radius 1 is 1.26 bits per heavy atom. The first-order chi connectivity index (χ1) is 18.1. The summed E-state index contributed by atoms with van der Waals surface area (Å²) in [6, 6.07) is 7.17. The molecular weight excluding hydrogens is 505 g/mol. The largest absolute Gasteiger partial charge is 0.475 e. The number of nitrogens with zero attached hydrogens (tertiary/aromatic N) is 5. The zero-order chi connectivity index (χ0) is 27.0. The van der Waals surface area contributed by atoms with Crippen molar-refractivity contribution in [3.63, 3.8) is 0 Å². The second-order valence-electron chi connectivity index (χ2n) is 9.10. The minimum absolute atomic E-state index is 0.0923. The molecular formula is C25H25F3N6O4. The molecule has 3 aromatic rings. The van der Waals surface area contributed by atoms with Crippen molar-refractivity contribution < 1.29 is 32.9 Å². The van der Waals surface area contributed by atoms with E-state index in [1.165, 1.54) is 29.3 Å². The summed E-state index contributed by atoms with van der Waals surface area (Å²) in [6.45, 7) is 2.38. The molecule has 2 bridgehead atoms. The van der Waals surface area contributed by atoms with Gasteiger partial charge in [0.15, 0.2) is 11.6 Å². The van der Waals surface area contributed by atoms with Crippen molar-refractivity contribution in [2.45, 2.75) is 31.7 Å². The van der Waals surface area contributed by atoms with Crippen LogP contribution in [0, 0.1) is 6.92 Å². The fourth-order valence-electron chi connectivity index (χ4n) is 4.63. The quantitative estimate of drug-likeness (QED) is 0.444. The van der Waals surface area contributed by atoms with E-state index in [-0.39, 0.29) is 29.9 Å². The number of anilines is 3. The van der Waals surface area contributed by atoms with Gasteiger partial charge in [-0.1, -0.05) is 12.1 Å². The zero-order valence-electron chi connectivity index (χ0n) is 20.3. The van der Waals surface area contributed by atoms with Gasteiger partial charge >= 0.3 is 12.2 Å². The van der Waals surface area contributed by atoms with Gasteiger partial charge in [-0.2, -0.15) is 13.2 Å². The maximum absolute atomic E-state index is 13.5. The lowest BCUT2D eigenvalue weighted by Gasteiger charge is -2.36. The van der Waals surface area contributed by atoms with Crippen molar-refractivity contribution in [1.29, 1.82) is 0 Å². The number of rotatable bonds is 6. The van der Waals surface area contributed by atoms with Crippen LogP contribution in [-0.2, 0) is 6.18 Å². The molecule has 10 nitrogen and oxygen atoms in total. The van der Waals surface area contributed by atoms with Crippen molar-refractivity contribution in [2.24, 2.45) is 0 Å². The minimum Gasteiger partial charge on any atom is -0.475 e. The van der Waals surface area contributed by atoms with Gasteiger partial charge in [-0.25, -0.2) is 19.7 Å². The van der Waals surface area contributed by atoms with Gasteiger partial charge in [0.2, 0.25) is 5.88 Å². The Morgan fingerprint density at radius 3 is 2.84 bits per heavy atom. The van der Waals surface area contributed by atoms with E-state index in [1.807, 2.05) is 0 Å². The number of hydrogen-bond acceptors (Lipinski definition) is 8. The number of aromatic nitrogens is 3. The smallest absolute Gasteiger partial charge is 0.416 e. The summed E-state index contributed by atoms with van der Waals surface area (Å²) in [4.78, 5) is 30.3. The van der Waals surface area contributed by atoms with Gasteiger partial charge < -0.3 is 25.2 Å². The van der Waals surface area contributed by atoms with Crippen LogP contribution in [0.15, 0.2) is 42.6 Å². The minimum atomic E-state index is -4.51. The lowest BCUT2D eigenvalue weighted by molar-refractivity contribution is -0.137. The van der Waals surface area contributed by atoms with Gasteiger partial charge in [0.1, 0.15) is 18.4 Å². The highest BCUT2D eigenvalue weighted by molar-refractivity contribution is 6.05. The fraction of sp³-hybridized carbons (Fsp3) is 0.360. The Labute approximate surface area is 215 Å². The molecule has 4 heterocycles. The number of amides is 2. The van der Waals surface area contributed by atoms with Crippen molar-refractivity contribution in [2.75, 3.05) is 41.4 Å². The van der Waals surface area contributed by atoms with Gasteiger partial charge in [0.05, 0.1) is 23.9 Å². The van der Waals surface area contributed by atoms with E-state index < -0.39 is 30.5 Å². The number of pyridine rings is 1. The predicted octanol–water partition coefficient (Wildman–Crippen LogP) is 3.23. The Kier molecular flexibility index (Phi) is 6.80. The van der Waals surface area contributed by atoms with Crippen LogP contribution < -0.4 is 19.9 Å². The highest BCUT2D eigenvalue weighted by atomic mass is 19.4. The molecule has 0 aliphatic carbocycles. The molecule has 2 atom stereocenters. The summed E-state index contributed by atoms with van der Waals surface area (Å²) in [5, 5.41) is 21.2. The second kappa shape index (κ2) is 10.1. The van der Waals surface area contributed by atoms with Gasteiger partial charge in [-0.15, -0.1) is 0 Å². The average Bonchev–Trinajstić information content (AvgIpc) is 3.29. The molecule has 2 aliphatic heterocycles. The van der Waals surface area contributed by atoms with Crippen LogP contribution in [0.4, 0.5) is 35.2 Å². The fourth-order valence-corrected chi connectivity index (χ4v) is 4.63. The second-order valence-corrected chi connectivity index (χ2v) is 9.10. The van der Waals surface area contributed by atoms with E-state index in [4.69, 9.17) is 9.84 Å². The van der Waals surface area contributed by atoms with E-state index in [0.717, 1.165) is 12.1 Å². The molecule has 0 radical (unpaired) electrons. The molecule has 2 aromatic heterocycles. The predicted molar refractivity (Wildman–Crippen MR) is 132 cm³/mol. The van der Waals surface area contributed by atoms with Crippen molar-refractivity contribution >= 4 is 23.2 Å². The van der Waals surface area contributed by atoms with Gasteiger partial charge in [0.25, 0.3) is 0 Å². The highest BCUT2D eigenvalue weighted by Crippen LogP contribution is 2.42. The summed E-state index contributed by atoms with van der Waals surface area (Å²) in [5.74, 6) is 0.564. The summed E-state index contributed by atoms with van der Waals surface area (Å²) in [6.07, 6.45) is -3.47. The van der Waals surface area contributed by atoms with Crippen LogP contribution in [0.3, 0.4) is 0 Å². The van der Waals surface area contributed by atoms with Crippen molar-refractivity contribution in [3.8, 4) is 17.3 Å². The lowest BCUT2D eigenvalue weighted by atomic mass is 10.1. The lowest BCUT2D eigenvalue weighted by Crippen LogP contribution is -2.48. The first-order valence-electron chi connectivity index (χ1n) is 11.9. The Bertz CT molecular complexity index is 1350. The van der Waals surface area contributed by atoms with Crippen molar-refractivity contribution in [1.82, 2.24) is 15.0 Å². The van der Waals surface area contributed by atoms with Crippen LogP contribution in [0.2, 0.25) is 0 Å². The van der Waals surface area contributed by atoms with Crippen LogP contribution in [-0.4, -0.2) is 69.6 Å². The maximum Gasteiger partial charge on any atom is 0.416 e. The monoisotopic (exact) mass is 530 g/mol. The van der Waals surface area contributed by atoms with Crippen LogP contribution in [0.1, 0.15) is 17.7 Å². The molecule has 0 saturated carbocycles. The molecule has 200 valence electrons. The Balaban J connectivity index is 1.46. The Morgan fingerprint density at radius 2 is 2.08 bits per heavy atom. The van der Waals surface area contributed by atoms with Gasteiger partial charge in [0, 0.05) is 36.6 Å². The number of urea groups is 1. The standard InChI is InChI=1S/C25H25F3N6O4/c1-14-21-23(32-22(30-14)15-3-2-4-16(9-15)25(26,27)28)34(18-6-8-33(21)11-18)24(37)31-17-5-7-29-20(10-17)38-13-19(36)12-35/h2-5,7,9-10,18-19,35-36H,6,8,11-13H2,1H3,(H,29,31,37)/t18-,19-/m0/s1. The molecule has 1 saturated heterocycles. The van der Waals surface area contributed by atoms with Crippen LogP contribution >= 0.6 is 0 Å². The summed E-state index contributed by atoms with van der Waals surface area (Å²) in [5.41, 5.74) is 0.989. The number of benzene rings is 1. The molecule has 0 unspecified atom stereocenters. The molecule has 5 rings (SSSR count). The number of fused-ring (bicyclic) bond motifs is 4. The third-order valence-corrected chi connectivity index (χ3v) is 6.40. The number of aryl methyl sites for hydroxylation is 1. The average molecular weight is 531 g/mol. The topological polar surface area (TPSA) is 124 Å². The van der Waals surface area contributed by atoms with Crippen LogP contribution in [0.5, 0.6) is 5.88 Å². The highest BCUT2D eigenvalue weighted by Gasteiger charge is 2.42. The van der Waals surface area contributed by atoms with E-state index in [1.54, 1.807) is 13.0 Å². The number of carbonyl (C=O) groups is 1. The third kappa shape index (κ3) is 5.07. The molecule has 38 heavy (non-hydrogen) atoms. The summed E-state index contributed by atoms with van der Waals surface area (Å²) < 4.78 is 45.3. The number of aliphatic hydroxyl groups is 2. The molecule has 0 spiro atoms. The zero-order valence-corrected chi connectivity index (χ0v) is 20.3. The molecule has 2 aliphatic rings. The Hall–Kier alpha value is -3.97. The molecule has 1 aromatic carbocycles. The van der Waals surface area contributed by atoms with E-state index in [0.29, 0.717) is 42.4 Å². The number of nitrogens with one attached hydrogen (secondary N) is 1. The van der Waals surface area contributed by atoms with E-state index in [2.05, 4.69) is 25.2 Å². The number of alkyl halides is 3. The number of aliphatic hydroxyl groups excluding tert-OH is 2. The summed E-state index contributed by atoms with van der Waals surface area (Å²) >= 11 is 0. The number of ether oxygens (including phenoxy) is 1. The molecule has 13 heteroatoms.